The molecule has 1 aromatic heterocycles. The van der Waals surface area contributed by atoms with Crippen LogP contribution in [-0.4, -0.2) is 20.2 Å². The van der Waals surface area contributed by atoms with Crippen molar-refractivity contribution in [2.45, 2.75) is 5.33 Å². The van der Waals surface area contributed by atoms with E-state index in [0.29, 0.717) is 10.4 Å². The molecule has 0 fully saturated rings. The minimum Gasteiger partial charge on any atom is -0.200 e. The maximum atomic E-state index is 6.03. The maximum Gasteiger partial charge on any atom is 0.143 e. The van der Waals surface area contributed by atoms with Crippen LogP contribution in [0.25, 0.3) is 5.69 Å². The second-order valence-electron chi connectivity index (χ2n) is 2.63. The number of alkyl halides is 1. The lowest BCUT2D eigenvalue weighted by Gasteiger charge is -2.06. The van der Waals surface area contributed by atoms with E-state index in [2.05, 4.69) is 31.5 Å². The van der Waals surface area contributed by atoms with E-state index in [9.17, 15) is 0 Å². The van der Waals surface area contributed by atoms with Gasteiger partial charge < -0.3 is 0 Å². The monoisotopic (exact) mass is 272 g/mol. The molecule has 0 saturated carbocycles. The van der Waals surface area contributed by atoms with E-state index in [-0.39, 0.29) is 0 Å². The van der Waals surface area contributed by atoms with Gasteiger partial charge in [-0.15, -0.1) is 5.10 Å². The standard InChI is InChI=1S/C8H6BrClN4/c9-4-6-7(10)2-1-3-8(6)14-5-11-12-13-14/h1-3,5H,4H2. The van der Waals surface area contributed by atoms with Crippen LogP contribution in [0.3, 0.4) is 0 Å². The Balaban J connectivity index is 2.58. The summed E-state index contributed by atoms with van der Waals surface area (Å²) in [5.41, 5.74) is 1.86. The Morgan fingerprint density at radius 1 is 1.43 bits per heavy atom. The molecule has 0 radical (unpaired) electrons. The Hall–Kier alpha value is -0.940. The van der Waals surface area contributed by atoms with Gasteiger partial charge in [-0.05, 0) is 22.6 Å². The van der Waals surface area contributed by atoms with Crippen molar-refractivity contribution in [2.24, 2.45) is 0 Å². The Morgan fingerprint density at radius 2 is 2.29 bits per heavy atom. The summed E-state index contributed by atoms with van der Waals surface area (Å²) in [5, 5.41) is 12.3. The van der Waals surface area contributed by atoms with Gasteiger partial charge in [0.2, 0.25) is 0 Å². The third-order valence-electron chi connectivity index (χ3n) is 1.82. The minimum absolute atomic E-state index is 0.669. The lowest BCUT2D eigenvalue weighted by atomic mass is 10.2. The fraction of sp³-hybridized carbons (Fsp3) is 0.125. The Kier molecular flexibility index (Phi) is 2.79. The zero-order valence-electron chi connectivity index (χ0n) is 7.06. The van der Waals surface area contributed by atoms with Gasteiger partial charge in [0.05, 0.1) is 5.69 Å². The van der Waals surface area contributed by atoms with Gasteiger partial charge in [0.15, 0.2) is 0 Å². The van der Waals surface area contributed by atoms with E-state index >= 15 is 0 Å². The first-order valence-electron chi connectivity index (χ1n) is 3.89. The highest BCUT2D eigenvalue weighted by molar-refractivity contribution is 9.08. The van der Waals surface area contributed by atoms with Crippen LogP contribution < -0.4 is 0 Å². The molecular weight excluding hydrogens is 267 g/mol. The first-order chi connectivity index (χ1) is 6.83. The molecule has 0 aliphatic heterocycles. The lowest BCUT2D eigenvalue weighted by Crippen LogP contribution is -1.99. The molecule has 6 heteroatoms. The summed E-state index contributed by atoms with van der Waals surface area (Å²) in [6.07, 6.45) is 1.54. The summed E-state index contributed by atoms with van der Waals surface area (Å²) in [6, 6.07) is 5.62. The van der Waals surface area contributed by atoms with Crippen molar-refractivity contribution in [2.75, 3.05) is 0 Å². The molecule has 1 heterocycles. The topological polar surface area (TPSA) is 43.6 Å². The third-order valence-corrected chi connectivity index (χ3v) is 2.74. The fourth-order valence-electron chi connectivity index (χ4n) is 1.17. The highest BCUT2D eigenvalue weighted by Crippen LogP contribution is 2.24. The van der Waals surface area contributed by atoms with E-state index < -0.39 is 0 Å². The molecule has 14 heavy (non-hydrogen) atoms. The molecule has 0 aliphatic carbocycles. The van der Waals surface area contributed by atoms with E-state index in [1.807, 2.05) is 18.2 Å². The molecule has 72 valence electrons. The quantitative estimate of drug-likeness (QED) is 0.788. The zero-order chi connectivity index (χ0) is 9.97. The molecule has 2 aromatic rings. The van der Waals surface area contributed by atoms with Gasteiger partial charge >= 0.3 is 0 Å². The SMILES string of the molecule is Clc1cccc(-n2cnnn2)c1CBr. The van der Waals surface area contributed by atoms with Crippen LogP contribution in [0.5, 0.6) is 0 Å². The van der Waals surface area contributed by atoms with Gasteiger partial charge in [-0.3, -0.25) is 0 Å². The predicted molar refractivity (Wildman–Crippen MR) is 56.8 cm³/mol. The number of aromatic nitrogens is 4. The average Bonchev–Trinajstić information content (AvgIpc) is 2.70. The molecule has 0 saturated heterocycles. The average molecular weight is 274 g/mol. The summed E-state index contributed by atoms with van der Waals surface area (Å²) in [6.45, 7) is 0. The number of halogens is 2. The van der Waals surface area contributed by atoms with Crippen LogP contribution in [0, 0.1) is 0 Å². The molecule has 0 unspecified atom stereocenters. The maximum absolute atomic E-state index is 6.03. The van der Waals surface area contributed by atoms with Crippen molar-refractivity contribution >= 4 is 27.5 Å². The van der Waals surface area contributed by atoms with Crippen LogP contribution in [0.15, 0.2) is 24.5 Å². The summed E-state index contributed by atoms with van der Waals surface area (Å²) >= 11 is 9.41. The van der Waals surface area contributed by atoms with E-state index in [1.54, 1.807) is 4.68 Å². The highest BCUT2D eigenvalue weighted by Gasteiger charge is 2.07. The van der Waals surface area contributed by atoms with Gasteiger partial charge in [-0.25, -0.2) is 4.68 Å². The number of hydrogen-bond acceptors (Lipinski definition) is 3. The fourth-order valence-corrected chi connectivity index (χ4v) is 2.15. The molecule has 1 aromatic carbocycles. The second-order valence-corrected chi connectivity index (χ2v) is 3.59. The van der Waals surface area contributed by atoms with Gasteiger partial charge in [-0.1, -0.05) is 33.6 Å². The molecule has 0 atom stereocenters. The molecule has 0 spiro atoms. The molecule has 0 aliphatic rings. The first-order valence-corrected chi connectivity index (χ1v) is 5.39. The van der Waals surface area contributed by atoms with Crippen molar-refractivity contribution in [1.82, 2.24) is 20.2 Å². The van der Waals surface area contributed by atoms with E-state index in [1.165, 1.54) is 6.33 Å². The molecule has 0 bridgehead atoms. The van der Waals surface area contributed by atoms with Gasteiger partial charge in [0.1, 0.15) is 6.33 Å². The number of nitrogens with zero attached hydrogens (tertiary/aromatic N) is 4. The molecule has 4 nitrogen and oxygen atoms in total. The van der Waals surface area contributed by atoms with Crippen LogP contribution in [0.2, 0.25) is 5.02 Å². The summed E-state index contributed by atoms with van der Waals surface area (Å²) in [7, 11) is 0. The molecule has 0 N–H and O–H groups in total. The number of rotatable bonds is 2. The smallest absolute Gasteiger partial charge is 0.143 e. The summed E-state index contributed by atoms with van der Waals surface area (Å²) in [5.74, 6) is 0. The largest absolute Gasteiger partial charge is 0.200 e. The Labute approximate surface area is 94.0 Å². The van der Waals surface area contributed by atoms with E-state index in [4.69, 9.17) is 11.6 Å². The Bertz CT molecular complexity index is 429. The highest BCUT2D eigenvalue weighted by atomic mass is 79.9. The van der Waals surface area contributed by atoms with Gasteiger partial charge in [0, 0.05) is 15.9 Å². The van der Waals surface area contributed by atoms with E-state index in [0.717, 1.165) is 11.3 Å². The molecule has 2 rings (SSSR count). The first kappa shape index (κ1) is 9.61. The van der Waals surface area contributed by atoms with Crippen LogP contribution in [-0.2, 0) is 5.33 Å². The molecular formula is C8H6BrClN4. The predicted octanol–water partition coefficient (Wildman–Crippen LogP) is 2.21. The normalized spacial score (nSPS) is 10.4. The molecule has 0 amide bonds. The van der Waals surface area contributed by atoms with Crippen molar-refractivity contribution in [3.05, 3.63) is 35.1 Å². The van der Waals surface area contributed by atoms with Gasteiger partial charge in [0.25, 0.3) is 0 Å². The zero-order valence-corrected chi connectivity index (χ0v) is 9.40. The van der Waals surface area contributed by atoms with Crippen molar-refractivity contribution in [3.8, 4) is 5.69 Å². The lowest BCUT2D eigenvalue weighted by molar-refractivity contribution is 0.785. The second kappa shape index (κ2) is 4.06. The van der Waals surface area contributed by atoms with Crippen LogP contribution >= 0.6 is 27.5 Å². The van der Waals surface area contributed by atoms with Crippen molar-refractivity contribution < 1.29 is 0 Å². The Morgan fingerprint density at radius 3 is 2.93 bits per heavy atom. The summed E-state index contributed by atoms with van der Waals surface area (Å²) in [4.78, 5) is 0. The van der Waals surface area contributed by atoms with Crippen molar-refractivity contribution in [1.29, 1.82) is 0 Å². The number of hydrogen-bond donors (Lipinski definition) is 0. The van der Waals surface area contributed by atoms with Crippen molar-refractivity contribution in [3.63, 3.8) is 0 Å². The van der Waals surface area contributed by atoms with Crippen LogP contribution in [0.4, 0.5) is 0 Å². The van der Waals surface area contributed by atoms with Crippen LogP contribution in [0.1, 0.15) is 5.56 Å². The number of benzene rings is 1. The number of tetrazole rings is 1. The summed E-state index contributed by atoms with van der Waals surface area (Å²) < 4.78 is 1.59. The third kappa shape index (κ3) is 1.65. The van der Waals surface area contributed by atoms with Gasteiger partial charge in [-0.2, -0.15) is 0 Å². The minimum atomic E-state index is 0.669.